The van der Waals surface area contributed by atoms with Crippen molar-refractivity contribution >= 4 is 65.6 Å². The van der Waals surface area contributed by atoms with Crippen LogP contribution >= 0.6 is 0 Å². The van der Waals surface area contributed by atoms with Gasteiger partial charge in [-0.2, -0.15) is 0 Å². The molecule has 0 aliphatic carbocycles. The highest BCUT2D eigenvalue weighted by Gasteiger charge is 2.24. The summed E-state index contributed by atoms with van der Waals surface area (Å²) in [5.41, 5.74) is 13.6. The molecule has 0 atom stereocenters. The Morgan fingerprint density at radius 3 is 1.82 bits per heavy atom. The van der Waals surface area contributed by atoms with Crippen molar-refractivity contribution in [2.24, 2.45) is 0 Å². The second kappa shape index (κ2) is 10.8. The Bertz CT molecular complexity index is 3130. The van der Waals surface area contributed by atoms with Gasteiger partial charge >= 0.3 is 0 Å². The van der Waals surface area contributed by atoms with E-state index in [9.17, 15) is 0 Å². The average Bonchev–Trinajstić information content (AvgIpc) is 3.86. The summed E-state index contributed by atoms with van der Waals surface area (Å²) in [7, 11) is 0. The predicted molar refractivity (Wildman–Crippen MR) is 213 cm³/mol. The zero-order valence-corrected chi connectivity index (χ0v) is 27.6. The maximum absolute atomic E-state index is 6.29. The molecule has 0 bridgehead atoms. The van der Waals surface area contributed by atoms with Crippen LogP contribution in [0.2, 0.25) is 0 Å². The molecule has 0 aliphatic rings. The molecule has 0 unspecified atom stereocenters. The van der Waals surface area contributed by atoms with Gasteiger partial charge in [-0.15, -0.1) is 0 Å². The molecular weight excluding hydrogens is 621 g/mol. The fraction of sp³-hybridized carbons (Fsp3) is 0. The van der Waals surface area contributed by atoms with E-state index in [4.69, 9.17) is 4.42 Å². The largest absolute Gasteiger partial charge is 0.456 e. The summed E-state index contributed by atoms with van der Waals surface area (Å²) >= 11 is 0. The van der Waals surface area contributed by atoms with Crippen LogP contribution in [0.4, 0.5) is 0 Å². The summed E-state index contributed by atoms with van der Waals surface area (Å²) in [6, 6.07) is 65.6. The minimum absolute atomic E-state index is 0.893. The van der Waals surface area contributed by atoms with Crippen molar-refractivity contribution in [2.45, 2.75) is 0 Å². The van der Waals surface area contributed by atoms with Gasteiger partial charge in [-0.25, -0.2) is 0 Å². The summed E-state index contributed by atoms with van der Waals surface area (Å²) in [6.45, 7) is 0. The second-order valence-electron chi connectivity index (χ2n) is 13.3. The Kier molecular flexibility index (Phi) is 5.96. The van der Waals surface area contributed by atoms with Gasteiger partial charge in [-0.05, 0) is 71.3 Å². The molecule has 11 rings (SSSR count). The fourth-order valence-corrected chi connectivity index (χ4v) is 8.39. The Hall–Kier alpha value is -6.84. The number of hydrogen-bond donors (Lipinski definition) is 0. The quantitative estimate of drug-likeness (QED) is 0.186. The number of furan rings is 1. The van der Waals surface area contributed by atoms with E-state index in [1.807, 2.05) is 12.1 Å². The zero-order chi connectivity index (χ0) is 33.5. The number of rotatable bonds is 4. The van der Waals surface area contributed by atoms with Crippen molar-refractivity contribution in [2.75, 3.05) is 0 Å². The first-order valence-corrected chi connectivity index (χ1v) is 17.4. The lowest BCUT2D eigenvalue weighted by atomic mass is 9.89. The van der Waals surface area contributed by atoms with Crippen LogP contribution in [-0.2, 0) is 0 Å². The highest BCUT2D eigenvalue weighted by molar-refractivity contribution is 6.23. The molecule has 3 heterocycles. The van der Waals surface area contributed by atoms with Crippen molar-refractivity contribution in [3.63, 3.8) is 0 Å². The number of hydrogen-bond acceptors (Lipinski definition) is 1. The van der Waals surface area contributed by atoms with Crippen molar-refractivity contribution in [1.29, 1.82) is 0 Å². The third-order valence-corrected chi connectivity index (χ3v) is 10.5. The maximum atomic E-state index is 6.29. The Morgan fingerprint density at radius 2 is 1.00 bits per heavy atom. The Labute approximate surface area is 293 Å². The average molecular weight is 651 g/mol. The summed E-state index contributed by atoms with van der Waals surface area (Å²) in [6.07, 6.45) is 0. The number of benzene rings is 8. The van der Waals surface area contributed by atoms with Gasteiger partial charge in [0, 0.05) is 49.3 Å². The first-order valence-electron chi connectivity index (χ1n) is 17.4. The second-order valence-corrected chi connectivity index (χ2v) is 13.3. The monoisotopic (exact) mass is 650 g/mol. The highest BCUT2D eigenvalue weighted by Crippen LogP contribution is 2.47. The highest BCUT2D eigenvalue weighted by atomic mass is 16.3. The molecule has 3 nitrogen and oxygen atoms in total. The van der Waals surface area contributed by atoms with Crippen molar-refractivity contribution in [1.82, 2.24) is 9.13 Å². The van der Waals surface area contributed by atoms with Gasteiger partial charge in [0.1, 0.15) is 11.2 Å². The summed E-state index contributed by atoms with van der Waals surface area (Å²) < 4.78 is 11.2. The van der Waals surface area contributed by atoms with Crippen LogP contribution in [0.25, 0.3) is 99.2 Å². The number of aromatic nitrogens is 2. The molecule has 0 saturated carbocycles. The molecule has 238 valence electrons. The van der Waals surface area contributed by atoms with E-state index >= 15 is 0 Å². The van der Waals surface area contributed by atoms with Crippen molar-refractivity contribution < 1.29 is 4.42 Å². The zero-order valence-electron chi connectivity index (χ0n) is 27.6. The van der Waals surface area contributed by atoms with Gasteiger partial charge in [0.15, 0.2) is 0 Å². The molecular formula is C48H30N2O. The Morgan fingerprint density at radius 1 is 0.353 bits per heavy atom. The molecule has 0 aliphatic heterocycles. The third-order valence-electron chi connectivity index (χ3n) is 10.5. The molecule has 0 radical (unpaired) electrons. The number of para-hydroxylation sites is 4. The lowest BCUT2D eigenvalue weighted by molar-refractivity contribution is 0.669. The Balaban J connectivity index is 1.33. The standard InChI is InChI=1S/C48H30N2O/c1-3-14-31(15-4-1)34-27-28-37-35-18-7-10-22-41(35)50(33-26-29-45-40(30-33)36-19-9-12-25-44(36)51-45)48(37)47(34)39-21-13-24-43-46(39)38-20-8-11-23-42(38)49(43)32-16-5-2-6-17-32/h1-30H. The third kappa shape index (κ3) is 4.06. The van der Waals surface area contributed by atoms with E-state index in [1.54, 1.807) is 0 Å². The molecule has 0 spiro atoms. The van der Waals surface area contributed by atoms with Gasteiger partial charge < -0.3 is 13.6 Å². The normalized spacial score (nSPS) is 11.9. The minimum Gasteiger partial charge on any atom is -0.456 e. The summed E-state index contributed by atoms with van der Waals surface area (Å²) in [5.74, 6) is 0. The molecule has 0 N–H and O–H groups in total. The first kappa shape index (κ1) is 28.0. The van der Waals surface area contributed by atoms with E-state index in [1.165, 1.54) is 65.9 Å². The minimum atomic E-state index is 0.893. The van der Waals surface area contributed by atoms with Gasteiger partial charge in [-0.1, -0.05) is 127 Å². The van der Waals surface area contributed by atoms with E-state index in [0.29, 0.717) is 0 Å². The van der Waals surface area contributed by atoms with E-state index in [0.717, 1.165) is 33.3 Å². The molecule has 51 heavy (non-hydrogen) atoms. The molecule has 3 aromatic heterocycles. The number of nitrogens with zero attached hydrogens (tertiary/aromatic N) is 2. The van der Waals surface area contributed by atoms with Gasteiger partial charge in [0.05, 0.1) is 22.1 Å². The van der Waals surface area contributed by atoms with Gasteiger partial charge in [0.2, 0.25) is 0 Å². The summed E-state index contributed by atoms with van der Waals surface area (Å²) in [4.78, 5) is 0. The molecule has 0 saturated heterocycles. The van der Waals surface area contributed by atoms with Crippen molar-refractivity contribution in [3.05, 3.63) is 182 Å². The van der Waals surface area contributed by atoms with E-state index < -0.39 is 0 Å². The van der Waals surface area contributed by atoms with Gasteiger partial charge in [0.25, 0.3) is 0 Å². The number of fused-ring (bicyclic) bond motifs is 9. The maximum Gasteiger partial charge on any atom is 0.135 e. The molecule has 0 amide bonds. The fourth-order valence-electron chi connectivity index (χ4n) is 8.39. The van der Waals surface area contributed by atoms with Crippen LogP contribution in [0.15, 0.2) is 186 Å². The van der Waals surface area contributed by atoms with Crippen LogP contribution < -0.4 is 0 Å². The van der Waals surface area contributed by atoms with Gasteiger partial charge in [-0.3, -0.25) is 0 Å². The topological polar surface area (TPSA) is 23.0 Å². The first-order chi connectivity index (χ1) is 25.3. The van der Waals surface area contributed by atoms with Crippen LogP contribution in [0, 0.1) is 0 Å². The SMILES string of the molecule is c1ccc(-c2ccc3c4ccccc4n(-c4ccc5oc6ccccc6c5c4)c3c2-c2cccc3c2c2ccccc2n3-c2ccccc2)cc1. The van der Waals surface area contributed by atoms with Crippen LogP contribution in [0.3, 0.4) is 0 Å². The lowest BCUT2D eigenvalue weighted by Gasteiger charge is -2.17. The van der Waals surface area contributed by atoms with E-state index in [2.05, 4.69) is 179 Å². The molecule has 8 aromatic carbocycles. The van der Waals surface area contributed by atoms with Crippen molar-refractivity contribution in [3.8, 4) is 33.6 Å². The molecule has 11 aromatic rings. The van der Waals surface area contributed by atoms with Crippen LogP contribution in [0.1, 0.15) is 0 Å². The smallest absolute Gasteiger partial charge is 0.135 e. The van der Waals surface area contributed by atoms with E-state index in [-0.39, 0.29) is 0 Å². The van der Waals surface area contributed by atoms with Crippen LogP contribution in [0.5, 0.6) is 0 Å². The lowest BCUT2D eigenvalue weighted by Crippen LogP contribution is -1.98. The molecule has 0 fully saturated rings. The molecule has 3 heteroatoms. The van der Waals surface area contributed by atoms with Crippen LogP contribution in [-0.4, -0.2) is 9.13 Å². The summed E-state index contributed by atoms with van der Waals surface area (Å²) in [5, 5.41) is 7.17. The predicted octanol–water partition coefficient (Wildman–Crippen LogP) is 13.1.